The van der Waals surface area contributed by atoms with E-state index in [1.807, 2.05) is 48.8 Å². The molecule has 2 aromatic carbocycles. The summed E-state index contributed by atoms with van der Waals surface area (Å²) in [5.74, 6) is 0.0953. The summed E-state index contributed by atoms with van der Waals surface area (Å²) < 4.78 is 2.07. The standard InChI is InChI=1S/C25H23N5O/c31-25-20-5-2-1-4-19(20)24-23-21(25)6-3-7-22(23)30(27-24)17-29-14-12-28(13-15-29)16-18-8-10-26-11-9-18/h1-11H,12-17H2. The summed E-state index contributed by atoms with van der Waals surface area (Å²) in [5.41, 5.74) is 5.72. The van der Waals surface area contributed by atoms with Crippen LogP contribution in [0.2, 0.25) is 0 Å². The van der Waals surface area contributed by atoms with Crippen LogP contribution in [0.15, 0.2) is 67.0 Å². The van der Waals surface area contributed by atoms with E-state index in [0.717, 1.165) is 72.7 Å². The largest absolute Gasteiger partial charge is 0.297 e. The maximum atomic E-state index is 13.0. The molecule has 3 heterocycles. The van der Waals surface area contributed by atoms with E-state index >= 15 is 0 Å². The Morgan fingerprint density at radius 1 is 0.774 bits per heavy atom. The Kier molecular flexibility index (Phi) is 4.40. The molecule has 154 valence electrons. The molecule has 1 fully saturated rings. The zero-order valence-electron chi connectivity index (χ0n) is 17.2. The van der Waals surface area contributed by atoms with Crippen LogP contribution in [0.1, 0.15) is 21.5 Å². The summed E-state index contributed by atoms with van der Waals surface area (Å²) in [6.45, 7) is 5.75. The predicted molar refractivity (Wildman–Crippen MR) is 120 cm³/mol. The highest BCUT2D eigenvalue weighted by Crippen LogP contribution is 2.38. The first-order valence-electron chi connectivity index (χ1n) is 10.8. The van der Waals surface area contributed by atoms with Crippen molar-refractivity contribution < 1.29 is 4.79 Å². The number of carbonyl (C=O) groups excluding carboxylic acids is 1. The Bertz CT molecular complexity index is 1270. The highest BCUT2D eigenvalue weighted by atomic mass is 16.1. The van der Waals surface area contributed by atoms with Crippen molar-refractivity contribution in [2.45, 2.75) is 13.2 Å². The van der Waals surface area contributed by atoms with Crippen molar-refractivity contribution in [2.24, 2.45) is 0 Å². The molecule has 31 heavy (non-hydrogen) atoms. The molecule has 0 amide bonds. The molecular weight excluding hydrogens is 386 g/mol. The zero-order chi connectivity index (χ0) is 20.8. The van der Waals surface area contributed by atoms with Crippen molar-refractivity contribution in [1.82, 2.24) is 24.6 Å². The lowest BCUT2D eigenvalue weighted by molar-refractivity contribution is 0.100. The number of piperazine rings is 1. The first-order chi connectivity index (χ1) is 15.3. The quantitative estimate of drug-likeness (QED) is 0.455. The summed E-state index contributed by atoms with van der Waals surface area (Å²) in [5, 5.41) is 5.97. The maximum Gasteiger partial charge on any atom is 0.194 e. The molecule has 2 aliphatic rings. The van der Waals surface area contributed by atoms with Gasteiger partial charge in [-0.05, 0) is 23.8 Å². The van der Waals surface area contributed by atoms with Crippen molar-refractivity contribution >= 4 is 16.7 Å². The van der Waals surface area contributed by atoms with Gasteiger partial charge in [0.25, 0.3) is 0 Å². The van der Waals surface area contributed by atoms with Gasteiger partial charge in [0.05, 0.1) is 12.2 Å². The molecule has 0 saturated carbocycles. The van der Waals surface area contributed by atoms with Gasteiger partial charge in [-0.1, -0.05) is 36.4 Å². The van der Waals surface area contributed by atoms with Crippen LogP contribution in [0.3, 0.4) is 0 Å². The van der Waals surface area contributed by atoms with E-state index in [4.69, 9.17) is 5.10 Å². The van der Waals surface area contributed by atoms with Crippen LogP contribution < -0.4 is 0 Å². The molecular formula is C25H23N5O. The third kappa shape index (κ3) is 3.15. The van der Waals surface area contributed by atoms with Gasteiger partial charge in [-0.15, -0.1) is 0 Å². The topological polar surface area (TPSA) is 54.3 Å². The molecule has 0 bridgehead atoms. The van der Waals surface area contributed by atoms with Crippen LogP contribution in [0.25, 0.3) is 22.2 Å². The van der Waals surface area contributed by atoms with Gasteiger partial charge in [0.2, 0.25) is 0 Å². The number of ketones is 1. The van der Waals surface area contributed by atoms with E-state index in [-0.39, 0.29) is 5.78 Å². The number of rotatable bonds is 4. The summed E-state index contributed by atoms with van der Waals surface area (Å²) >= 11 is 0. The average Bonchev–Trinajstić information content (AvgIpc) is 3.19. The van der Waals surface area contributed by atoms with Crippen LogP contribution in [0.4, 0.5) is 0 Å². The molecule has 1 aliphatic heterocycles. The molecule has 0 N–H and O–H groups in total. The first kappa shape index (κ1) is 18.4. The van der Waals surface area contributed by atoms with Crippen molar-refractivity contribution in [2.75, 3.05) is 26.2 Å². The maximum absolute atomic E-state index is 13.0. The summed E-state index contributed by atoms with van der Waals surface area (Å²) in [6.07, 6.45) is 3.71. The molecule has 4 aromatic rings. The van der Waals surface area contributed by atoms with Gasteiger partial charge in [-0.3, -0.25) is 19.6 Å². The molecule has 6 rings (SSSR count). The van der Waals surface area contributed by atoms with Crippen LogP contribution in [0.5, 0.6) is 0 Å². The van der Waals surface area contributed by atoms with Crippen molar-refractivity contribution in [3.8, 4) is 11.3 Å². The minimum Gasteiger partial charge on any atom is -0.297 e. The van der Waals surface area contributed by atoms with E-state index in [0.29, 0.717) is 0 Å². The predicted octanol–water partition coefficient (Wildman–Crippen LogP) is 3.42. The normalized spacial score (nSPS) is 16.6. The third-order valence-corrected chi connectivity index (χ3v) is 6.40. The van der Waals surface area contributed by atoms with Crippen LogP contribution >= 0.6 is 0 Å². The van der Waals surface area contributed by atoms with E-state index < -0.39 is 0 Å². The summed E-state index contributed by atoms with van der Waals surface area (Å²) in [6, 6.07) is 18.0. The van der Waals surface area contributed by atoms with Gasteiger partial charge in [-0.25, -0.2) is 4.68 Å². The SMILES string of the molecule is O=C1c2ccccc2-c2nn(CN3CCN(Cc4ccncc4)CC3)c3cccc1c23. The molecule has 0 unspecified atom stereocenters. The van der Waals surface area contributed by atoms with Gasteiger partial charge >= 0.3 is 0 Å². The second-order valence-electron chi connectivity index (χ2n) is 8.31. The van der Waals surface area contributed by atoms with E-state index in [2.05, 4.69) is 37.7 Å². The van der Waals surface area contributed by atoms with E-state index in [1.165, 1.54) is 5.56 Å². The summed E-state index contributed by atoms with van der Waals surface area (Å²) in [4.78, 5) is 22.1. The second kappa shape index (κ2) is 7.41. The van der Waals surface area contributed by atoms with Gasteiger partial charge < -0.3 is 0 Å². The molecule has 0 atom stereocenters. The molecule has 6 nitrogen and oxygen atoms in total. The Morgan fingerprint density at radius 3 is 2.29 bits per heavy atom. The van der Waals surface area contributed by atoms with E-state index in [9.17, 15) is 4.79 Å². The van der Waals surface area contributed by atoms with Crippen LogP contribution in [-0.4, -0.2) is 56.5 Å². The Morgan fingerprint density at radius 2 is 1.48 bits per heavy atom. The van der Waals surface area contributed by atoms with Gasteiger partial charge in [0.15, 0.2) is 5.78 Å². The number of fused-ring (bicyclic) bond motifs is 2. The molecule has 0 radical (unpaired) electrons. The number of nitrogens with zero attached hydrogens (tertiary/aromatic N) is 5. The highest BCUT2D eigenvalue weighted by Gasteiger charge is 2.29. The third-order valence-electron chi connectivity index (χ3n) is 6.40. The Labute approximate surface area is 180 Å². The number of hydrogen-bond acceptors (Lipinski definition) is 5. The van der Waals surface area contributed by atoms with Gasteiger partial charge in [-0.2, -0.15) is 5.10 Å². The zero-order valence-corrected chi connectivity index (χ0v) is 17.2. The fraction of sp³-hybridized carbons (Fsp3) is 0.240. The van der Waals surface area contributed by atoms with Crippen molar-refractivity contribution in [3.05, 3.63) is 83.7 Å². The average molecular weight is 409 g/mol. The number of benzene rings is 2. The molecule has 1 saturated heterocycles. The Balaban J connectivity index is 1.25. The lowest BCUT2D eigenvalue weighted by Crippen LogP contribution is -2.46. The number of carbonyl (C=O) groups is 1. The summed E-state index contributed by atoms with van der Waals surface area (Å²) in [7, 11) is 0. The smallest absolute Gasteiger partial charge is 0.194 e. The number of pyridine rings is 1. The minimum atomic E-state index is 0.0953. The minimum absolute atomic E-state index is 0.0953. The second-order valence-corrected chi connectivity index (χ2v) is 8.31. The first-order valence-corrected chi connectivity index (χ1v) is 10.8. The van der Waals surface area contributed by atoms with Crippen molar-refractivity contribution in [1.29, 1.82) is 0 Å². The fourth-order valence-corrected chi connectivity index (χ4v) is 4.77. The number of aromatic nitrogens is 3. The fourth-order valence-electron chi connectivity index (χ4n) is 4.77. The van der Waals surface area contributed by atoms with Gasteiger partial charge in [0.1, 0.15) is 5.69 Å². The van der Waals surface area contributed by atoms with Crippen molar-refractivity contribution in [3.63, 3.8) is 0 Å². The highest BCUT2D eigenvalue weighted by molar-refractivity contribution is 6.25. The van der Waals surface area contributed by atoms with Crippen LogP contribution in [0, 0.1) is 0 Å². The molecule has 2 aromatic heterocycles. The lowest BCUT2D eigenvalue weighted by atomic mass is 9.87. The monoisotopic (exact) mass is 409 g/mol. The van der Waals surface area contributed by atoms with Crippen LogP contribution in [-0.2, 0) is 13.2 Å². The van der Waals surface area contributed by atoms with E-state index in [1.54, 1.807) is 0 Å². The Hall–Kier alpha value is -3.35. The number of hydrogen-bond donors (Lipinski definition) is 0. The lowest BCUT2D eigenvalue weighted by Gasteiger charge is -2.34. The molecule has 6 heteroatoms. The molecule has 1 aliphatic carbocycles. The van der Waals surface area contributed by atoms with Gasteiger partial charge in [0, 0.05) is 67.2 Å². The molecule has 0 spiro atoms.